The van der Waals surface area contributed by atoms with E-state index in [1.165, 1.54) is 0 Å². The molecule has 28 heavy (non-hydrogen) atoms. The fourth-order valence-electron chi connectivity index (χ4n) is 1.98. The minimum atomic E-state index is -3.12. The Balaban J connectivity index is 0.000000540. The molecule has 1 rings (SSSR count). The molecular weight excluding hydrogens is 496 g/mol. The number of thioether (sulfide) groups is 1. The first-order chi connectivity index (χ1) is 12.9. The van der Waals surface area contributed by atoms with Crippen LogP contribution in [0.15, 0.2) is 0 Å². The molecule has 0 aromatic carbocycles. The van der Waals surface area contributed by atoms with Gasteiger partial charge in [-0.2, -0.15) is 5.26 Å². The van der Waals surface area contributed by atoms with Crippen molar-refractivity contribution >= 4 is 37.5 Å². The first-order valence-corrected chi connectivity index (χ1v) is 11.1. The van der Waals surface area contributed by atoms with Gasteiger partial charge in [0.05, 0.1) is 11.5 Å². The Kier molecular flexibility index (Phi) is 11.4. The van der Waals surface area contributed by atoms with E-state index in [-0.39, 0.29) is 28.5 Å². The molecule has 1 fully saturated rings. The SMILES string of the molecule is CC1CS(=O)(=O)CC1O[N+](=O)[O-].N#CSCC(O[N+](=O)[O-])C(CBr)O[N+](=O)[O-]. The monoisotopic (exact) mass is 510 g/mol. The van der Waals surface area contributed by atoms with Gasteiger partial charge in [-0.05, 0) is 17.7 Å². The minimum Gasteiger partial charge on any atom is -0.309 e. The maximum Gasteiger partial charge on any atom is 0.294 e. The summed E-state index contributed by atoms with van der Waals surface area (Å²) in [5.74, 6) is -0.664. The molecule has 0 aromatic rings. The van der Waals surface area contributed by atoms with Gasteiger partial charge in [0.1, 0.15) is 23.7 Å². The van der Waals surface area contributed by atoms with Crippen LogP contribution < -0.4 is 0 Å². The molecule has 0 N–H and O–H groups in total. The van der Waals surface area contributed by atoms with E-state index in [2.05, 4.69) is 30.4 Å². The second kappa shape index (κ2) is 12.4. The van der Waals surface area contributed by atoms with Gasteiger partial charge in [-0.3, -0.25) is 0 Å². The summed E-state index contributed by atoms with van der Waals surface area (Å²) in [6, 6.07) is 0. The molecule has 0 radical (unpaired) electrons. The highest BCUT2D eigenvalue weighted by Crippen LogP contribution is 2.21. The van der Waals surface area contributed by atoms with Crippen molar-refractivity contribution in [2.24, 2.45) is 5.92 Å². The molecule has 1 saturated heterocycles. The second-order valence-electron chi connectivity index (χ2n) is 5.21. The summed E-state index contributed by atoms with van der Waals surface area (Å²) in [5.41, 5.74) is 0. The first kappa shape index (κ1) is 25.9. The van der Waals surface area contributed by atoms with Crippen LogP contribution in [-0.4, -0.2) is 64.6 Å². The van der Waals surface area contributed by atoms with Crippen molar-refractivity contribution in [2.75, 3.05) is 22.6 Å². The Labute approximate surface area is 170 Å². The normalized spacial score (nSPS) is 21.8. The molecule has 15 nitrogen and oxygen atoms in total. The number of nitrogens with zero attached hydrogens (tertiary/aromatic N) is 4. The Hall–Kier alpha value is -2.13. The molecule has 0 bridgehead atoms. The smallest absolute Gasteiger partial charge is 0.294 e. The fourth-order valence-corrected chi connectivity index (χ4v) is 5.07. The molecule has 1 aliphatic rings. The van der Waals surface area contributed by atoms with Crippen molar-refractivity contribution in [1.29, 1.82) is 5.26 Å². The first-order valence-electron chi connectivity index (χ1n) is 7.12. The second-order valence-corrected chi connectivity index (χ2v) is 8.82. The van der Waals surface area contributed by atoms with E-state index in [0.717, 1.165) is 0 Å². The molecular formula is C10H15BrN4O11S2. The molecule has 18 heteroatoms. The third kappa shape index (κ3) is 10.9. The highest BCUT2D eigenvalue weighted by atomic mass is 79.9. The molecule has 1 aliphatic heterocycles. The van der Waals surface area contributed by atoms with Crippen LogP contribution in [0.5, 0.6) is 0 Å². The van der Waals surface area contributed by atoms with E-state index in [1.807, 2.05) is 0 Å². The van der Waals surface area contributed by atoms with Crippen LogP contribution in [0, 0.1) is 46.9 Å². The highest BCUT2D eigenvalue weighted by molar-refractivity contribution is 9.09. The maximum atomic E-state index is 10.9. The van der Waals surface area contributed by atoms with Gasteiger partial charge in [0.15, 0.2) is 9.84 Å². The largest absolute Gasteiger partial charge is 0.309 e. The van der Waals surface area contributed by atoms with Gasteiger partial charge in [-0.1, -0.05) is 22.9 Å². The van der Waals surface area contributed by atoms with Crippen molar-refractivity contribution in [1.82, 2.24) is 0 Å². The predicted molar refractivity (Wildman–Crippen MR) is 95.3 cm³/mol. The number of hydrogen-bond donors (Lipinski definition) is 0. The van der Waals surface area contributed by atoms with Crippen LogP contribution in [0.3, 0.4) is 0 Å². The van der Waals surface area contributed by atoms with Gasteiger partial charge < -0.3 is 14.5 Å². The topological polar surface area (TPSA) is 215 Å². The average Bonchev–Trinajstić information content (AvgIpc) is 2.80. The summed E-state index contributed by atoms with van der Waals surface area (Å²) in [6.45, 7) is 1.62. The standard InChI is InChI=1S/C5H6BrN3O6S.C5H9NO5S/c6-1-4(14-8(10)11)5(2-16-3-7)15-9(12)13;1-4-2-12(9,10)3-5(4)11-6(7)8/h4-5H,1-2H2;4-5H,2-3H2,1H3. The van der Waals surface area contributed by atoms with Gasteiger partial charge in [-0.15, -0.1) is 30.3 Å². The van der Waals surface area contributed by atoms with E-state index < -0.39 is 43.4 Å². The van der Waals surface area contributed by atoms with Crippen LogP contribution in [0.4, 0.5) is 0 Å². The lowest BCUT2D eigenvalue weighted by molar-refractivity contribution is -0.796. The molecule has 0 saturated carbocycles. The molecule has 0 amide bonds. The van der Waals surface area contributed by atoms with Crippen molar-refractivity contribution in [2.45, 2.75) is 25.2 Å². The summed E-state index contributed by atoms with van der Waals surface area (Å²) in [7, 11) is -3.12. The Morgan fingerprint density at radius 3 is 2.04 bits per heavy atom. The van der Waals surface area contributed by atoms with Gasteiger partial charge in [0.25, 0.3) is 15.3 Å². The number of alkyl halides is 1. The summed E-state index contributed by atoms with van der Waals surface area (Å²) in [6.07, 6.45) is -3.13. The van der Waals surface area contributed by atoms with E-state index in [1.54, 1.807) is 12.3 Å². The van der Waals surface area contributed by atoms with Gasteiger partial charge >= 0.3 is 0 Å². The fraction of sp³-hybridized carbons (Fsp3) is 0.900. The van der Waals surface area contributed by atoms with E-state index >= 15 is 0 Å². The number of sulfone groups is 1. The number of halogens is 1. The highest BCUT2D eigenvalue weighted by Gasteiger charge is 2.37. The van der Waals surface area contributed by atoms with E-state index in [9.17, 15) is 38.8 Å². The van der Waals surface area contributed by atoms with Crippen LogP contribution in [-0.2, 0) is 24.4 Å². The summed E-state index contributed by atoms with van der Waals surface area (Å²) in [5, 5.41) is 37.0. The van der Waals surface area contributed by atoms with Crippen molar-refractivity contribution in [3.8, 4) is 5.40 Å². The molecule has 1 heterocycles. The van der Waals surface area contributed by atoms with Crippen molar-refractivity contribution < 1.29 is 38.2 Å². The summed E-state index contributed by atoms with van der Waals surface area (Å²) >= 11 is 3.58. The maximum absolute atomic E-state index is 10.9. The molecule has 0 aromatic heterocycles. The third-order valence-corrected chi connectivity index (χ3v) is 6.25. The van der Waals surface area contributed by atoms with Gasteiger partial charge in [0, 0.05) is 11.1 Å². The van der Waals surface area contributed by atoms with Crippen LogP contribution in [0.1, 0.15) is 6.92 Å². The lowest BCUT2D eigenvalue weighted by Gasteiger charge is -2.20. The zero-order chi connectivity index (χ0) is 21.9. The van der Waals surface area contributed by atoms with E-state index in [4.69, 9.17) is 5.26 Å². The number of hydrogen-bond acceptors (Lipinski definition) is 13. The van der Waals surface area contributed by atoms with Gasteiger partial charge in [0.2, 0.25) is 0 Å². The number of nitriles is 1. The molecule has 4 atom stereocenters. The van der Waals surface area contributed by atoms with Crippen LogP contribution in [0.2, 0.25) is 0 Å². The van der Waals surface area contributed by atoms with Gasteiger partial charge in [-0.25, -0.2) is 8.42 Å². The average molecular weight is 511 g/mol. The quantitative estimate of drug-likeness (QED) is 0.168. The Morgan fingerprint density at radius 1 is 1.14 bits per heavy atom. The summed E-state index contributed by atoms with van der Waals surface area (Å²) < 4.78 is 21.9. The lowest BCUT2D eigenvalue weighted by Crippen LogP contribution is -2.38. The third-order valence-electron chi connectivity index (χ3n) is 3.11. The zero-order valence-electron chi connectivity index (χ0n) is 14.1. The number of thiocyanates is 1. The predicted octanol–water partition coefficient (Wildman–Crippen LogP) is 0.377. The summed E-state index contributed by atoms with van der Waals surface area (Å²) in [4.78, 5) is 42.7. The Morgan fingerprint density at radius 2 is 1.68 bits per heavy atom. The molecule has 160 valence electrons. The van der Waals surface area contributed by atoms with Crippen LogP contribution >= 0.6 is 27.7 Å². The lowest BCUT2D eigenvalue weighted by atomic mass is 10.1. The molecule has 0 aliphatic carbocycles. The Bertz CT molecular complexity index is 700. The zero-order valence-corrected chi connectivity index (χ0v) is 17.3. The molecule has 0 spiro atoms. The van der Waals surface area contributed by atoms with Crippen molar-refractivity contribution in [3.63, 3.8) is 0 Å². The minimum absolute atomic E-state index is 0.0223. The van der Waals surface area contributed by atoms with E-state index in [0.29, 0.717) is 11.8 Å². The van der Waals surface area contributed by atoms with Crippen LogP contribution in [0.25, 0.3) is 0 Å². The molecule has 4 unspecified atom stereocenters. The van der Waals surface area contributed by atoms with Crippen molar-refractivity contribution in [3.05, 3.63) is 30.3 Å². The number of rotatable bonds is 10.